The molecule has 0 aromatic heterocycles. The highest BCUT2D eigenvalue weighted by Gasteiger charge is 2.11. The van der Waals surface area contributed by atoms with Gasteiger partial charge in [0.25, 0.3) is 0 Å². The molecule has 0 bridgehead atoms. The van der Waals surface area contributed by atoms with E-state index in [1.807, 2.05) is 18.2 Å². The Balaban J connectivity index is -0.000000220. The molecule has 0 spiro atoms. The Kier molecular flexibility index (Phi) is 19.6. The van der Waals surface area contributed by atoms with E-state index in [1.165, 1.54) is 12.0 Å². The third-order valence-electron chi connectivity index (χ3n) is 1.96. The summed E-state index contributed by atoms with van der Waals surface area (Å²) >= 11 is 0. The highest BCUT2D eigenvalue weighted by Crippen LogP contribution is 2.23. The van der Waals surface area contributed by atoms with Gasteiger partial charge in [0.15, 0.2) is 0 Å². The van der Waals surface area contributed by atoms with Crippen LogP contribution >= 0.6 is 0 Å². The molecule has 1 aromatic rings. The van der Waals surface area contributed by atoms with Gasteiger partial charge in [0.1, 0.15) is 0 Å². The molecular weight excluding hydrogens is 248 g/mol. The van der Waals surface area contributed by atoms with Crippen LogP contribution in [0.4, 0.5) is 0 Å². The number of hydrogen-bond acceptors (Lipinski definition) is 2. The molecule has 2 nitrogen and oxygen atoms in total. The van der Waals surface area contributed by atoms with Gasteiger partial charge >= 0.3 is 0 Å². The van der Waals surface area contributed by atoms with Crippen LogP contribution in [0, 0.1) is 18.3 Å². The second-order valence-corrected chi connectivity index (χ2v) is 6.13. The molecule has 0 aliphatic carbocycles. The van der Waals surface area contributed by atoms with Crippen LogP contribution in [0.3, 0.4) is 0 Å². The van der Waals surface area contributed by atoms with E-state index in [2.05, 4.69) is 53.7 Å². The molecule has 1 rings (SSSR count). The van der Waals surface area contributed by atoms with Gasteiger partial charge < -0.3 is 10.2 Å². The standard InChI is InChI=1S/C8H18.C7H8.C2H6O.CH4O/c1-7(2)6-8(3,4)5;1-7-5-3-2-4-6-7;1-2-3;1-2/h7H,6H2,1-5H3;2-6H,1H3;3H,2H2,1H3;2H,1H3. The molecule has 0 radical (unpaired) electrons. The molecule has 0 atom stereocenters. The molecule has 0 heterocycles. The Hall–Kier alpha value is -0.860. The second kappa shape index (κ2) is 16.2. The van der Waals surface area contributed by atoms with Crippen molar-refractivity contribution in [1.82, 2.24) is 0 Å². The van der Waals surface area contributed by atoms with Crippen molar-refractivity contribution in [3.05, 3.63) is 35.9 Å². The monoisotopic (exact) mass is 284 g/mol. The number of aliphatic hydroxyl groups is 2. The number of hydrogen-bond donors (Lipinski definition) is 2. The number of rotatable bonds is 1. The molecule has 0 saturated heterocycles. The lowest BCUT2D eigenvalue weighted by molar-refractivity contribution is 0.318. The summed E-state index contributed by atoms with van der Waals surface area (Å²) in [7, 11) is 1.00. The minimum Gasteiger partial charge on any atom is -0.400 e. The van der Waals surface area contributed by atoms with E-state index >= 15 is 0 Å². The van der Waals surface area contributed by atoms with Crippen LogP contribution in [0.5, 0.6) is 0 Å². The summed E-state index contributed by atoms with van der Waals surface area (Å²) in [4.78, 5) is 0. The van der Waals surface area contributed by atoms with E-state index in [0.29, 0.717) is 5.41 Å². The van der Waals surface area contributed by atoms with E-state index < -0.39 is 0 Å². The van der Waals surface area contributed by atoms with Crippen molar-refractivity contribution in [3.63, 3.8) is 0 Å². The smallest absolute Gasteiger partial charge is 0.0402 e. The van der Waals surface area contributed by atoms with Crippen LogP contribution in [0.25, 0.3) is 0 Å². The molecule has 0 unspecified atom stereocenters. The second-order valence-electron chi connectivity index (χ2n) is 6.13. The Morgan fingerprint density at radius 2 is 1.35 bits per heavy atom. The quantitative estimate of drug-likeness (QED) is 0.786. The highest BCUT2D eigenvalue weighted by molar-refractivity contribution is 5.11. The predicted octanol–water partition coefficient (Wildman–Crippen LogP) is 4.68. The van der Waals surface area contributed by atoms with Crippen molar-refractivity contribution in [1.29, 1.82) is 0 Å². The lowest BCUT2D eigenvalue weighted by atomic mass is 9.86. The van der Waals surface area contributed by atoms with Crippen LogP contribution in [-0.2, 0) is 0 Å². The summed E-state index contributed by atoms with van der Waals surface area (Å²) in [5.74, 6) is 0.843. The molecule has 0 fully saturated rings. The van der Waals surface area contributed by atoms with Gasteiger partial charge in [0, 0.05) is 13.7 Å². The van der Waals surface area contributed by atoms with Crippen molar-refractivity contribution < 1.29 is 10.2 Å². The van der Waals surface area contributed by atoms with Gasteiger partial charge in [0.2, 0.25) is 0 Å². The van der Waals surface area contributed by atoms with E-state index in [9.17, 15) is 0 Å². The van der Waals surface area contributed by atoms with Gasteiger partial charge in [-0.05, 0) is 31.6 Å². The molecular formula is C18H36O2. The van der Waals surface area contributed by atoms with E-state index in [1.54, 1.807) is 6.92 Å². The van der Waals surface area contributed by atoms with Crippen molar-refractivity contribution >= 4 is 0 Å². The maximum Gasteiger partial charge on any atom is 0.0402 e. The number of benzene rings is 1. The zero-order valence-electron chi connectivity index (χ0n) is 14.8. The fourth-order valence-electron chi connectivity index (χ4n) is 1.76. The largest absolute Gasteiger partial charge is 0.400 e. The number of aryl methyl sites for hydroxylation is 1. The van der Waals surface area contributed by atoms with Gasteiger partial charge in [-0.3, -0.25) is 0 Å². The topological polar surface area (TPSA) is 40.5 Å². The van der Waals surface area contributed by atoms with Gasteiger partial charge in [-0.1, -0.05) is 70.5 Å². The predicted molar refractivity (Wildman–Crippen MR) is 91.0 cm³/mol. The van der Waals surface area contributed by atoms with Crippen molar-refractivity contribution in [2.24, 2.45) is 11.3 Å². The number of aliphatic hydroxyl groups excluding tert-OH is 2. The first-order valence-electron chi connectivity index (χ1n) is 7.30. The van der Waals surface area contributed by atoms with Gasteiger partial charge in [0.05, 0.1) is 0 Å². The summed E-state index contributed by atoms with van der Waals surface area (Å²) in [5, 5.41) is 14.6. The maximum absolute atomic E-state index is 7.57. The van der Waals surface area contributed by atoms with Crippen molar-refractivity contribution in [2.75, 3.05) is 13.7 Å². The van der Waals surface area contributed by atoms with Crippen LogP contribution in [0.2, 0.25) is 0 Å². The molecule has 1 aromatic carbocycles. The van der Waals surface area contributed by atoms with Crippen LogP contribution in [-0.4, -0.2) is 23.9 Å². The normalized spacial score (nSPS) is 9.35. The third kappa shape index (κ3) is 30.3. The first kappa shape index (κ1) is 24.2. The van der Waals surface area contributed by atoms with Crippen molar-refractivity contribution in [2.45, 2.75) is 54.9 Å². The van der Waals surface area contributed by atoms with Gasteiger partial charge in [-0.2, -0.15) is 0 Å². The molecule has 0 amide bonds. The SMILES string of the molecule is CC(C)CC(C)(C)C.CCO.CO.Cc1ccccc1. The summed E-state index contributed by atoms with van der Waals surface area (Å²) < 4.78 is 0. The first-order valence-corrected chi connectivity index (χ1v) is 7.30. The minimum atomic E-state index is 0.250. The first-order chi connectivity index (χ1) is 9.22. The summed E-state index contributed by atoms with van der Waals surface area (Å²) in [5.41, 5.74) is 1.84. The summed E-state index contributed by atoms with van der Waals surface area (Å²) in [6.07, 6.45) is 1.33. The average Bonchev–Trinajstić information content (AvgIpc) is 2.31. The Bertz CT molecular complexity index is 260. The highest BCUT2D eigenvalue weighted by atomic mass is 16.2. The lowest BCUT2D eigenvalue weighted by Gasteiger charge is -2.19. The van der Waals surface area contributed by atoms with Crippen LogP contribution in [0.15, 0.2) is 30.3 Å². The molecule has 20 heavy (non-hydrogen) atoms. The zero-order valence-corrected chi connectivity index (χ0v) is 14.8. The van der Waals surface area contributed by atoms with Crippen molar-refractivity contribution in [3.8, 4) is 0 Å². The molecule has 2 N–H and O–H groups in total. The fraction of sp³-hybridized carbons (Fsp3) is 0.667. The maximum atomic E-state index is 7.57. The van der Waals surface area contributed by atoms with Crippen LogP contribution < -0.4 is 0 Å². The molecule has 0 saturated carbocycles. The average molecular weight is 284 g/mol. The van der Waals surface area contributed by atoms with Crippen LogP contribution in [0.1, 0.15) is 53.5 Å². The van der Waals surface area contributed by atoms with E-state index in [-0.39, 0.29) is 6.61 Å². The summed E-state index contributed by atoms with van der Waals surface area (Å²) in [6, 6.07) is 10.3. The van der Waals surface area contributed by atoms with E-state index in [4.69, 9.17) is 10.2 Å². The zero-order chi connectivity index (χ0) is 16.6. The Morgan fingerprint density at radius 3 is 1.45 bits per heavy atom. The molecule has 0 aliphatic heterocycles. The Labute approximate surface area is 126 Å². The fourth-order valence-corrected chi connectivity index (χ4v) is 1.76. The molecule has 0 aliphatic rings. The summed E-state index contributed by atoms with van der Waals surface area (Å²) in [6.45, 7) is 15.4. The molecule has 120 valence electrons. The lowest BCUT2D eigenvalue weighted by Crippen LogP contribution is -2.08. The third-order valence-corrected chi connectivity index (χ3v) is 1.96. The van der Waals surface area contributed by atoms with Gasteiger partial charge in [-0.15, -0.1) is 0 Å². The Morgan fingerprint density at radius 1 is 1.00 bits per heavy atom. The molecule has 2 heteroatoms. The van der Waals surface area contributed by atoms with Gasteiger partial charge in [-0.25, -0.2) is 0 Å². The minimum absolute atomic E-state index is 0.250. The van der Waals surface area contributed by atoms with E-state index in [0.717, 1.165) is 13.0 Å².